The molecular weight excluding hydrogens is 638 g/mol. The molecular formula is C34H49N5O8S. The van der Waals surface area contributed by atoms with Crippen LogP contribution in [0.2, 0.25) is 0 Å². The summed E-state index contributed by atoms with van der Waals surface area (Å²) in [6.45, 7) is 6.64. The van der Waals surface area contributed by atoms with Gasteiger partial charge in [0.15, 0.2) is 16.7 Å². The van der Waals surface area contributed by atoms with Crippen molar-refractivity contribution in [1.29, 1.82) is 0 Å². The first-order valence-corrected chi connectivity index (χ1v) is 17.3. The van der Waals surface area contributed by atoms with Gasteiger partial charge >= 0.3 is 0 Å². The SMILES string of the molecule is COc1cccc([C@@H]2[C@@H](C(C)C)CN(C(C)=O)C[C@H](OC)[C@@H](O)[C@@H](O)COCCCCN2C(=O)CSc2nnc(-c3ccco3)n2C)c1. The first kappa shape index (κ1) is 37.4. The Hall–Kier alpha value is -3.43. The van der Waals surface area contributed by atoms with Crippen LogP contribution < -0.4 is 4.74 Å². The van der Waals surface area contributed by atoms with Crippen LogP contribution in [0.4, 0.5) is 0 Å². The molecule has 0 saturated carbocycles. The van der Waals surface area contributed by atoms with Gasteiger partial charge < -0.3 is 43.2 Å². The molecule has 14 heteroatoms. The topological polar surface area (TPSA) is 153 Å². The standard InChI is InChI=1S/C34H49N5O8S/c1-22(2)26-18-38(23(3)40)19-29(45-6)32(43)27(41)20-46-15-8-7-14-39(31(26)24-11-9-12-25(17-24)44-5)30(42)21-48-34-36-35-33(37(34)4)28-13-10-16-47-28/h9-13,16-17,22,26-27,29,31-32,41,43H,7-8,14-15,18-21H2,1-6H3/t26-,27+,29+,31-,32+/m1/s1. The number of hydrogen-bond donors (Lipinski definition) is 2. The molecule has 264 valence electrons. The van der Waals surface area contributed by atoms with E-state index in [4.69, 9.17) is 18.6 Å². The maximum atomic E-state index is 14.4. The Morgan fingerprint density at radius 2 is 1.90 bits per heavy atom. The Balaban J connectivity index is 1.73. The molecule has 2 N–H and O–H groups in total. The summed E-state index contributed by atoms with van der Waals surface area (Å²) in [5.41, 5.74) is 0.882. The van der Waals surface area contributed by atoms with Crippen molar-refractivity contribution in [2.75, 3.05) is 52.8 Å². The van der Waals surface area contributed by atoms with Crippen molar-refractivity contribution in [3.8, 4) is 17.3 Å². The van der Waals surface area contributed by atoms with Crippen molar-refractivity contribution in [2.45, 2.75) is 63.1 Å². The van der Waals surface area contributed by atoms with E-state index < -0.39 is 24.4 Å². The molecule has 1 saturated heterocycles. The monoisotopic (exact) mass is 687 g/mol. The molecule has 1 aliphatic rings. The second-order valence-corrected chi connectivity index (χ2v) is 13.3. The number of furan rings is 1. The van der Waals surface area contributed by atoms with E-state index in [1.165, 1.54) is 25.8 Å². The van der Waals surface area contributed by atoms with Gasteiger partial charge in [-0.15, -0.1) is 10.2 Å². The Labute approximate surface area is 286 Å². The van der Waals surface area contributed by atoms with Crippen LogP contribution in [0.5, 0.6) is 5.75 Å². The molecule has 48 heavy (non-hydrogen) atoms. The highest BCUT2D eigenvalue weighted by Gasteiger charge is 2.37. The fourth-order valence-electron chi connectivity index (χ4n) is 6.01. The number of hydrogen-bond acceptors (Lipinski definition) is 11. The zero-order valence-electron chi connectivity index (χ0n) is 28.7. The first-order valence-electron chi connectivity index (χ1n) is 16.3. The van der Waals surface area contributed by atoms with Gasteiger partial charge in [-0.25, -0.2) is 0 Å². The molecule has 1 fully saturated rings. The van der Waals surface area contributed by atoms with Crippen molar-refractivity contribution in [1.82, 2.24) is 24.6 Å². The summed E-state index contributed by atoms with van der Waals surface area (Å²) in [6.07, 6.45) is -0.484. The van der Waals surface area contributed by atoms with E-state index in [0.717, 1.165) is 5.56 Å². The molecule has 1 aromatic carbocycles. The van der Waals surface area contributed by atoms with E-state index in [1.807, 2.05) is 36.2 Å². The molecule has 1 aliphatic heterocycles. The molecule has 4 rings (SSSR count). The van der Waals surface area contributed by atoms with Gasteiger partial charge in [-0.2, -0.15) is 0 Å². The number of ether oxygens (including phenoxy) is 3. The summed E-state index contributed by atoms with van der Waals surface area (Å²) in [5, 5.41) is 30.7. The number of benzene rings is 1. The Bertz CT molecular complexity index is 1450. The second kappa shape index (κ2) is 17.8. The van der Waals surface area contributed by atoms with Crippen molar-refractivity contribution in [3.63, 3.8) is 0 Å². The molecule has 13 nitrogen and oxygen atoms in total. The fraction of sp³-hybridized carbons (Fsp3) is 0.588. The normalized spacial score (nSPS) is 23.5. The number of aromatic nitrogens is 3. The largest absolute Gasteiger partial charge is 0.497 e. The van der Waals surface area contributed by atoms with Crippen molar-refractivity contribution >= 4 is 23.6 Å². The highest BCUT2D eigenvalue weighted by molar-refractivity contribution is 7.99. The van der Waals surface area contributed by atoms with E-state index in [0.29, 0.717) is 48.5 Å². The number of aliphatic hydroxyl groups is 2. The van der Waals surface area contributed by atoms with E-state index in [9.17, 15) is 19.8 Å². The number of methoxy groups -OCH3 is 2. The number of aliphatic hydroxyl groups excluding tert-OH is 2. The van der Waals surface area contributed by atoms with Crippen LogP contribution in [0.3, 0.4) is 0 Å². The van der Waals surface area contributed by atoms with Gasteiger partial charge in [-0.3, -0.25) is 9.59 Å². The van der Waals surface area contributed by atoms with Crippen LogP contribution in [0.25, 0.3) is 11.6 Å². The maximum absolute atomic E-state index is 14.4. The number of thioether (sulfide) groups is 1. The second-order valence-electron chi connectivity index (χ2n) is 12.4. The fourth-order valence-corrected chi connectivity index (χ4v) is 6.81. The number of nitrogens with zero attached hydrogens (tertiary/aromatic N) is 5. The highest BCUT2D eigenvalue weighted by atomic mass is 32.2. The van der Waals surface area contributed by atoms with E-state index in [1.54, 1.807) is 35.0 Å². The summed E-state index contributed by atoms with van der Waals surface area (Å²) in [6, 6.07) is 10.9. The van der Waals surface area contributed by atoms with Gasteiger partial charge in [0.05, 0.1) is 31.8 Å². The molecule has 0 bridgehead atoms. The van der Waals surface area contributed by atoms with Crippen molar-refractivity contribution in [3.05, 3.63) is 48.2 Å². The quantitative estimate of drug-likeness (QED) is 0.335. The van der Waals surface area contributed by atoms with Crippen LogP contribution in [0.15, 0.2) is 52.2 Å². The molecule has 0 radical (unpaired) electrons. The lowest BCUT2D eigenvalue weighted by Crippen LogP contribution is -2.51. The van der Waals surface area contributed by atoms with Crippen LogP contribution in [-0.4, -0.2) is 118 Å². The summed E-state index contributed by atoms with van der Waals surface area (Å²) < 4.78 is 24.2. The molecule has 0 unspecified atom stereocenters. The third-order valence-corrected chi connectivity index (χ3v) is 9.84. The third-order valence-electron chi connectivity index (χ3n) is 8.84. The van der Waals surface area contributed by atoms with Gasteiger partial charge in [-0.1, -0.05) is 37.7 Å². The van der Waals surface area contributed by atoms with Crippen molar-refractivity contribution in [2.24, 2.45) is 18.9 Å². The summed E-state index contributed by atoms with van der Waals surface area (Å²) in [7, 11) is 4.88. The molecule has 3 aromatic rings. The smallest absolute Gasteiger partial charge is 0.233 e. The summed E-state index contributed by atoms with van der Waals surface area (Å²) in [4.78, 5) is 31.1. The van der Waals surface area contributed by atoms with Crippen molar-refractivity contribution < 1.29 is 38.4 Å². The maximum Gasteiger partial charge on any atom is 0.233 e. The lowest BCUT2D eigenvalue weighted by Gasteiger charge is -2.42. The Morgan fingerprint density at radius 1 is 1.10 bits per heavy atom. The minimum atomic E-state index is -1.27. The minimum absolute atomic E-state index is 0.0242. The van der Waals surface area contributed by atoms with Gasteiger partial charge in [0.25, 0.3) is 0 Å². The Kier molecular flexibility index (Phi) is 13.9. The van der Waals surface area contributed by atoms with E-state index in [2.05, 4.69) is 24.0 Å². The van der Waals surface area contributed by atoms with E-state index >= 15 is 0 Å². The predicted molar refractivity (Wildman–Crippen MR) is 180 cm³/mol. The average molecular weight is 688 g/mol. The summed E-state index contributed by atoms with van der Waals surface area (Å²) >= 11 is 1.30. The molecule has 0 aliphatic carbocycles. The zero-order chi connectivity index (χ0) is 34.8. The van der Waals surface area contributed by atoms with Crippen LogP contribution in [0, 0.1) is 11.8 Å². The van der Waals surface area contributed by atoms with E-state index in [-0.39, 0.29) is 49.1 Å². The average Bonchev–Trinajstić information content (AvgIpc) is 3.74. The predicted octanol–water partition coefficient (Wildman–Crippen LogP) is 3.41. The van der Waals surface area contributed by atoms with Crippen LogP contribution in [0.1, 0.15) is 45.2 Å². The molecule has 5 atom stereocenters. The molecule has 3 heterocycles. The van der Waals surface area contributed by atoms with Crippen LogP contribution >= 0.6 is 11.8 Å². The number of carbonyl (C=O) groups excluding carboxylic acids is 2. The number of rotatable bonds is 8. The Morgan fingerprint density at radius 3 is 2.56 bits per heavy atom. The van der Waals surface area contributed by atoms with Gasteiger partial charge in [0.2, 0.25) is 11.8 Å². The lowest BCUT2D eigenvalue weighted by atomic mass is 9.82. The molecule has 0 spiro atoms. The van der Waals surface area contributed by atoms with Gasteiger partial charge in [-0.05, 0) is 48.6 Å². The minimum Gasteiger partial charge on any atom is -0.497 e. The highest BCUT2D eigenvalue weighted by Crippen LogP contribution is 2.37. The zero-order valence-corrected chi connectivity index (χ0v) is 29.5. The van der Waals surface area contributed by atoms with Gasteiger partial charge in [0.1, 0.15) is 24.1 Å². The molecule has 2 amide bonds. The summed E-state index contributed by atoms with van der Waals surface area (Å²) in [5.74, 6) is 1.40. The van der Waals surface area contributed by atoms with Crippen LogP contribution in [-0.2, 0) is 26.1 Å². The van der Waals surface area contributed by atoms with Gasteiger partial charge in [0, 0.05) is 53.2 Å². The lowest BCUT2D eigenvalue weighted by molar-refractivity contribution is -0.139. The number of carbonyl (C=O) groups is 2. The number of amides is 2. The molecule has 2 aromatic heterocycles. The first-order chi connectivity index (χ1) is 23.0. The third kappa shape index (κ3) is 9.38.